The van der Waals surface area contributed by atoms with Crippen molar-refractivity contribution < 1.29 is 145 Å². The number of hydrogen-bond acceptors (Lipinski definition) is 7. The number of carbonyl (C=O) groups excluding carboxylic acids is 1. The van der Waals surface area contributed by atoms with E-state index in [1.807, 2.05) is 4.72 Å². The van der Waals surface area contributed by atoms with Crippen molar-refractivity contribution in [3.63, 3.8) is 0 Å². The molecule has 2 N–H and O–H groups in total. The lowest BCUT2D eigenvalue weighted by atomic mass is 9.83. The maximum absolute atomic E-state index is 13.9. The van der Waals surface area contributed by atoms with Crippen molar-refractivity contribution in [2.24, 2.45) is 23.7 Å². The average molecular weight is 1180 g/mol. The van der Waals surface area contributed by atoms with Crippen LogP contribution in [-0.4, -0.2) is 165 Å². The second-order valence-corrected chi connectivity index (χ2v) is 21.0. The Kier molecular flexibility index (Phi) is 27.2. The van der Waals surface area contributed by atoms with Crippen molar-refractivity contribution in [2.75, 3.05) is 72.4 Å². The van der Waals surface area contributed by atoms with Gasteiger partial charge < -0.3 is 19.3 Å². The van der Waals surface area contributed by atoms with Crippen LogP contribution < -0.4 is 14.6 Å². The molecule has 4 atom stereocenters. The lowest BCUT2D eigenvalue weighted by molar-refractivity contribution is -0.884. The average Bonchev–Trinajstić information content (AvgIpc) is 3.10. The van der Waals surface area contributed by atoms with Crippen molar-refractivity contribution in [3.8, 4) is 0 Å². The Morgan fingerprint density at radius 2 is 0.781 bits per heavy atom. The highest BCUT2D eigenvalue weighted by molar-refractivity contribution is 7.89. The molecule has 0 rings (SSSR count). The first-order valence-corrected chi connectivity index (χ1v) is 23.2. The number of carbonyl (C=O) groups is 1. The fourth-order valence-corrected chi connectivity index (χ4v) is 8.56. The highest BCUT2D eigenvalue weighted by atomic mass is 32.2. The zero-order valence-electron chi connectivity index (χ0n) is 37.4. The van der Waals surface area contributed by atoms with Crippen molar-refractivity contribution in [2.45, 2.75) is 120 Å². The molecule has 0 bridgehead atoms. The Morgan fingerprint density at radius 1 is 0.507 bits per heavy atom. The van der Waals surface area contributed by atoms with Gasteiger partial charge in [0.2, 0.25) is 20.0 Å². The number of rotatable bonds is 26. The van der Waals surface area contributed by atoms with E-state index in [2.05, 4.69) is 0 Å². The molecule has 0 aromatic carbocycles. The molecule has 0 aliphatic rings. The Labute approximate surface area is 401 Å². The molecular formula is C35H52F26N4O6S2. The second kappa shape index (κ2) is 26.6. The smallest absolute Gasteiger partial charge is 0.431 e. The van der Waals surface area contributed by atoms with Crippen LogP contribution in [0.5, 0.6) is 0 Å². The summed E-state index contributed by atoms with van der Waals surface area (Å²) in [5.41, 5.74) is -12.9. The maximum atomic E-state index is 13.9. The number of hydrogen-bond donors (Lipinski definition) is 2. The molecule has 0 aromatic rings. The molecule has 0 aliphatic heterocycles. The largest absolute Gasteiger partial charge is 0.544 e. The molecule has 10 nitrogen and oxygen atoms in total. The zero-order chi connectivity index (χ0) is 58.0. The van der Waals surface area contributed by atoms with Crippen LogP contribution in [0.4, 0.5) is 114 Å². The van der Waals surface area contributed by atoms with Gasteiger partial charge in [-0.15, -0.1) is 0 Å². The van der Waals surface area contributed by atoms with E-state index >= 15 is 0 Å². The van der Waals surface area contributed by atoms with E-state index in [9.17, 15) is 141 Å². The highest BCUT2D eigenvalue weighted by Gasteiger charge is 2.75. The molecule has 4 unspecified atom stereocenters. The van der Waals surface area contributed by atoms with Crippen molar-refractivity contribution >= 4 is 26.0 Å². The molecule has 0 radical (unpaired) electrons. The molecule has 0 amide bonds. The Balaban J connectivity index is -0.00000133. The number of quaternary nitrogens is 1. The number of carboxylic acids is 1. The monoisotopic (exact) mass is 1180 g/mol. The third kappa shape index (κ3) is 26.3. The summed E-state index contributed by atoms with van der Waals surface area (Å²) in [6.45, 7) is -0.754. The molecule has 0 spiro atoms. The molecule has 0 saturated carbocycles. The SMILES string of the molecule is C.CN(C)CCCNS(=O)(=O)CCC(CC(CC(F)(C(F)(F)F)C(F)(F)F)C(F)(F)F)C(F)(F)F.C[N+](C)(CCCNS(=O)(=O)CCC(CC(CC(F)(C(F)(F)F)C(F)(F)F)C(F)(F)F)C(F)(F)F)CC(=O)[O-]. The van der Waals surface area contributed by atoms with Crippen LogP contribution in [-0.2, 0) is 24.8 Å². The predicted octanol–water partition coefficient (Wildman–Crippen LogP) is 9.34. The molecule has 442 valence electrons. The molecule has 0 fully saturated rings. The summed E-state index contributed by atoms with van der Waals surface area (Å²) in [4.78, 5) is 12.3. The van der Waals surface area contributed by atoms with E-state index in [1.165, 1.54) is 14.1 Å². The number of nitrogens with one attached hydrogen (secondary N) is 2. The quantitative estimate of drug-likeness (QED) is 0.0501. The molecule has 38 heteroatoms. The zero-order valence-corrected chi connectivity index (χ0v) is 39.0. The molecule has 0 saturated heterocycles. The summed E-state index contributed by atoms with van der Waals surface area (Å²) in [5.74, 6) is -19.1. The second-order valence-electron chi connectivity index (χ2n) is 17.1. The number of sulfonamides is 2. The van der Waals surface area contributed by atoms with Gasteiger partial charge in [0, 0.05) is 32.4 Å². The van der Waals surface area contributed by atoms with Gasteiger partial charge in [0.15, 0.2) is 0 Å². The van der Waals surface area contributed by atoms with Crippen molar-refractivity contribution in [3.05, 3.63) is 0 Å². The van der Waals surface area contributed by atoms with Gasteiger partial charge in [0.1, 0.15) is 6.54 Å². The minimum atomic E-state index is -6.94. The summed E-state index contributed by atoms with van der Waals surface area (Å²) in [5, 5.41) is 10.6. The van der Waals surface area contributed by atoms with Crippen LogP contribution >= 0.6 is 0 Å². The van der Waals surface area contributed by atoms with Crippen molar-refractivity contribution in [1.29, 1.82) is 0 Å². The fraction of sp³-hybridized carbons (Fsp3) is 0.971. The number of alkyl halides is 26. The van der Waals surface area contributed by atoms with Crippen LogP contribution in [0.25, 0.3) is 0 Å². The predicted molar refractivity (Wildman–Crippen MR) is 203 cm³/mol. The van der Waals surface area contributed by atoms with Gasteiger partial charge in [-0.3, -0.25) is 0 Å². The van der Waals surface area contributed by atoms with E-state index in [4.69, 9.17) is 0 Å². The number of likely N-dealkylation sites (N-methyl/N-ethyl adjacent to an activating group) is 1. The van der Waals surface area contributed by atoms with Crippen LogP contribution in [0, 0.1) is 23.7 Å². The van der Waals surface area contributed by atoms with Crippen LogP contribution in [0.2, 0.25) is 0 Å². The van der Waals surface area contributed by atoms with E-state index in [-0.39, 0.29) is 37.8 Å². The van der Waals surface area contributed by atoms with E-state index in [1.54, 1.807) is 23.7 Å². The van der Waals surface area contributed by atoms with Gasteiger partial charge in [0.25, 0.3) is 11.3 Å². The molecule has 0 aromatic heterocycles. The molecule has 0 aliphatic carbocycles. The first kappa shape index (κ1) is 74.6. The lowest BCUT2D eigenvalue weighted by Crippen LogP contribution is -2.55. The van der Waals surface area contributed by atoms with E-state index in [0.29, 0.717) is 6.54 Å². The first-order valence-electron chi connectivity index (χ1n) is 19.9. The van der Waals surface area contributed by atoms with E-state index < -0.39 is 174 Å². The summed E-state index contributed by atoms with van der Waals surface area (Å²) >= 11 is 0. The Bertz CT molecular complexity index is 1850. The summed E-state index contributed by atoms with van der Waals surface area (Å²) < 4.78 is 389. The van der Waals surface area contributed by atoms with Gasteiger partial charge in [-0.25, -0.2) is 35.1 Å². The number of nitrogens with zero attached hydrogens (tertiary/aromatic N) is 2. The number of carboxylic acid groups (broad SMARTS) is 1. The highest BCUT2D eigenvalue weighted by Crippen LogP contribution is 2.55. The standard InChI is InChI=1S/C18H25F13N2O4S.C16H23F13N2O2S.CH4/c1-33(2,10-13(34)35)6-3-5-32-38(36,37)7-4-11(15(20,21)22)8-12(16(23,24)25)9-14(19,17(26,27)28)18(29,30)31;1-31(2)6-3-5-30-34(32,33)7-4-10(13(18,19)20)8-11(14(21,22)23)9-12(17,15(24,25)26)16(27,28)29;/h11-12,32H,3-10H2,1-2H3;10-11,30H,3-9H2,1-2H3;1H4. The van der Waals surface area contributed by atoms with Gasteiger partial charge in [-0.1, -0.05) is 7.43 Å². The Morgan fingerprint density at radius 3 is 1.01 bits per heavy atom. The minimum absolute atomic E-state index is 0. The minimum Gasteiger partial charge on any atom is -0.544 e. The van der Waals surface area contributed by atoms with Crippen molar-refractivity contribution in [1.82, 2.24) is 14.3 Å². The van der Waals surface area contributed by atoms with Crippen LogP contribution in [0.15, 0.2) is 0 Å². The lowest BCUT2D eigenvalue weighted by Gasteiger charge is -2.35. The van der Waals surface area contributed by atoms with Gasteiger partial charge in [-0.2, -0.15) is 105 Å². The summed E-state index contributed by atoms with van der Waals surface area (Å²) in [6, 6.07) is 0. The summed E-state index contributed by atoms with van der Waals surface area (Å²) in [6.07, 6.45) is -66.1. The van der Waals surface area contributed by atoms with Gasteiger partial charge in [-0.05, 0) is 52.7 Å². The third-order valence-corrected chi connectivity index (χ3v) is 13.1. The fourth-order valence-electron chi connectivity index (χ4n) is 6.17. The Hall–Kier alpha value is -2.61. The van der Waals surface area contributed by atoms with Crippen LogP contribution in [0.1, 0.15) is 58.8 Å². The summed E-state index contributed by atoms with van der Waals surface area (Å²) in [7, 11) is -2.99. The molecule has 0 heterocycles. The number of aliphatic carboxylic acids is 1. The molecule has 73 heavy (non-hydrogen) atoms. The normalized spacial score (nSPS) is 16.3. The molecular weight excluding hydrogens is 1130 g/mol. The first-order chi connectivity index (χ1) is 31.4. The van der Waals surface area contributed by atoms with Gasteiger partial charge >= 0.3 is 49.4 Å². The number of halogens is 26. The topological polar surface area (TPSA) is 136 Å². The van der Waals surface area contributed by atoms with Gasteiger partial charge in [0.05, 0.1) is 61.8 Å². The maximum Gasteiger partial charge on any atom is 0.431 e. The van der Waals surface area contributed by atoms with E-state index in [0.717, 1.165) is 0 Å². The third-order valence-electron chi connectivity index (χ3n) is 10.2. The van der Waals surface area contributed by atoms with Crippen LogP contribution in [0.3, 0.4) is 0 Å².